The lowest BCUT2D eigenvalue weighted by atomic mass is 10.0. The maximum Gasteiger partial charge on any atom is 0.417 e. The van der Waals surface area contributed by atoms with Crippen molar-refractivity contribution in [2.24, 2.45) is 0 Å². The van der Waals surface area contributed by atoms with E-state index in [1.807, 2.05) is 25.8 Å². The number of carbonyl (C=O) groups is 1. The van der Waals surface area contributed by atoms with Gasteiger partial charge in [0.1, 0.15) is 17.4 Å². The monoisotopic (exact) mass is 544 g/mol. The average molecular weight is 545 g/mol. The highest BCUT2D eigenvalue weighted by atomic mass is 19.4. The second kappa shape index (κ2) is 10.4. The third-order valence-corrected chi connectivity index (χ3v) is 6.84. The number of piperazine rings is 1. The smallest absolute Gasteiger partial charge is 0.367 e. The Balaban J connectivity index is 1.85. The molecule has 0 saturated carbocycles. The lowest BCUT2D eigenvalue weighted by Gasteiger charge is -2.44. The minimum atomic E-state index is -4.98. The summed E-state index contributed by atoms with van der Waals surface area (Å²) in [6.45, 7) is 4.80. The molecule has 2 unspecified atom stereocenters. The Bertz CT molecular complexity index is 1580. The van der Waals surface area contributed by atoms with E-state index >= 15 is 4.39 Å². The number of hydrogen-bond acceptors (Lipinski definition) is 6. The third kappa shape index (κ3) is 5.56. The molecule has 1 saturated heterocycles. The molecule has 2 atom stereocenters. The van der Waals surface area contributed by atoms with Gasteiger partial charge in [-0.3, -0.25) is 19.3 Å². The summed E-state index contributed by atoms with van der Waals surface area (Å²) >= 11 is 0. The number of halogens is 4. The number of nitrogens with zero attached hydrogens (tertiary/aromatic N) is 3. The van der Waals surface area contributed by atoms with Gasteiger partial charge in [-0.05, 0) is 39.1 Å². The highest BCUT2D eigenvalue weighted by Gasteiger charge is 2.36. The van der Waals surface area contributed by atoms with Gasteiger partial charge in [0, 0.05) is 54.8 Å². The van der Waals surface area contributed by atoms with Crippen molar-refractivity contribution in [3.8, 4) is 17.2 Å². The molecule has 0 aliphatic carbocycles. The highest BCUT2D eigenvalue weighted by molar-refractivity contribution is 6.07. The van der Waals surface area contributed by atoms with Crippen LogP contribution in [0.5, 0.6) is 0 Å². The summed E-state index contributed by atoms with van der Waals surface area (Å²) in [6, 6.07) is 5.64. The molecule has 13 heteroatoms. The van der Waals surface area contributed by atoms with Crippen molar-refractivity contribution in [3.05, 3.63) is 79.9 Å². The molecule has 1 aliphatic heterocycles. The van der Waals surface area contributed by atoms with Gasteiger partial charge in [-0.15, -0.1) is 0 Å². The van der Waals surface area contributed by atoms with Crippen LogP contribution in [-0.2, 0) is 6.18 Å². The Morgan fingerprint density at radius 3 is 2.36 bits per heavy atom. The lowest BCUT2D eigenvalue weighted by molar-refractivity contribution is -0.138. The molecule has 0 radical (unpaired) electrons. The van der Waals surface area contributed by atoms with E-state index in [4.69, 9.17) is 0 Å². The number of amides is 1. The number of H-pyrrole nitrogens is 2. The SMILES string of the molecule is CC1CN(c2cc(F)c(-c3c[nH]c(=O)c(C#N)c3)cc2NC(=O)c2c[nH]c(=O)cc2C(F)(F)F)CC(C)N1C. The molecule has 1 aromatic carbocycles. The zero-order chi connectivity index (χ0) is 28.6. The second-order valence-corrected chi connectivity index (χ2v) is 9.44. The summed E-state index contributed by atoms with van der Waals surface area (Å²) in [5.74, 6) is -1.91. The average Bonchev–Trinajstić information content (AvgIpc) is 2.87. The summed E-state index contributed by atoms with van der Waals surface area (Å²) < 4.78 is 56.3. The number of alkyl halides is 3. The summed E-state index contributed by atoms with van der Waals surface area (Å²) in [5.41, 5.74) is -3.97. The number of pyridine rings is 2. The van der Waals surface area contributed by atoms with Crippen LogP contribution in [0.3, 0.4) is 0 Å². The van der Waals surface area contributed by atoms with Crippen molar-refractivity contribution in [1.82, 2.24) is 14.9 Å². The molecule has 3 heterocycles. The van der Waals surface area contributed by atoms with Crippen LogP contribution in [0, 0.1) is 17.1 Å². The molecule has 2 aromatic heterocycles. The first-order valence-electron chi connectivity index (χ1n) is 11.8. The van der Waals surface area contributed by atoms with Crippen molar-refractivity contribution in [1.29, 1.82) is 5.26 Å². The molecular formula is C26H24F4N6O3. The highest BCUT2D eigenvalue weighted by Crippen LogP contribution is 2.37. The number of hydrogen-bond donors (Lipinski definition) is 3. The molecule has 0 spiro atoms. The standard InChI is InChI=1S/C26H24F4N6O3/c1-13-11-36(12-14(2)35(13)3)22-7-20(27)17(16-4-15(8-31)24(38)33-9-16)5-21(22)34-25(39)18-10-32-23(37)6-19(18)26(28,29)30/h4-7,9-10,13-14H,11-12H2,1-3H3,(H,32,37)(H,33,38)(H,34,39). The van der Waals surface area contributed by atoms with Gasteiger partial charge in [0.05, 0.1) is 22.5 Å². The van der Waals surface area contributed by atoms with Crippen LogP contribution in [-0.4, -0.2) is 53.0 Å². The summed E-state index contributed by atoms with van der Waals surface area (Å²) in [5, 5.41) is 11.7. The Labute approximate surface area is 219 Å². The van der Waals surface area contributed by atoms with E-state index in [0.29, 0.717) is 25.4 Å². The van der Waals surface area contributed by atoms with Crippen molar-refractivity contribution >= 4 is 17.3 Å². The van der Waals surface area contributed by atoms with E-state index in [1.54, 1.807) is 6.07 Å². The molecule has 1 aliphatic rings. The molecule has 3 aromatic rings. The molecule has 1 fully saturated rings. The Hall–Kier alpha value is -4.44. The quantitative estimate of drug-likeness (QED) is 0.432. The van der Waals surface area contributed by atoms with E-state index in [-0.39, 0.29) is 40.1 Å². The fourth-order valence-electron chi connectivity index (χ4n) is 4.55. The largest absolute Gasteiger partial charge is 0.417 e. The maximum atomic E-state index is 15.5. The number of aromatic nitrogens is 2. The van der Waals surface area contributed by atoms with Gasteiger partial charge < -0.3 is 20.2 Å². The van der Waals surface area contributed by atoms with Crippen LogP contribution in [0.15, 0.2) is 46.2 Å². The molecule has 1 amide bonds. The van der Waals surface area contributed by atoms with Crippen molar-refractivity contribution in [2.45, 2.75) is 32.1 Å². The fraction of sp³-hybridized carbons (Fsp3) is 0.308. The van der Waals surface area contributed by atoms with Crippen LogP contribution in [0.25, 0.3) is 11.1 Å². The summed E-state index contributed by atoms with van der Waals surface area (Å²) in [4.78, 5) is 44.9. The van der Waals surface area contributed by atoms with E-state index in [9.17, 15) is 32.8 Å². The zero-order valence-electron chi connectivity index (χ0n) is 21.1. The van der Waals surface area contributed by atoms with Crippen molar-refractivity contribution in [2.75, 3.05) is 30.4 Å². The molecule has 3 N–H and O–H groups in total. The second-order valence-electron chi connectivity index (χ2n) is 9.44. The number of benzene rings is 1. The number of likely N-dealkylation sites (N-methyl/N-ethyl adjacent to an activating group) is 1. The molecule has 39 heavy (non-hydrogen) atoms. The van der Waals surface area contributed by atoms with Gasteiger partial charge in [0.25, 0.3) is 11.5 Å². The number of rotatable bonds is 4. The third-order valence-electron chi connectivity index (χ3n) is 6.84. The van der Waals surface area contributed by atoms with Crippen LogP contribution in [0.1, 0.15) is 35.3 Å². The van der Waals surface area contributed by atoms with E-state index in [0.717, 1.165) is 6.07 Å². The predicted octanol–water partition coefficient (Wildman–Crippen LogP) is 3.54. The summed E-state index contributed by atoms with van der Waals surface area (Å²) in [6.07, 6.45) is -3.12. The molecular weight excluding hydrogens is 520 g/mol. The number of anilines is 2. The van der Waals surface area contributed by atoms with Crippen LogP contribution < -0.4 is 21.3 Å². The summed E-state index contributed by atoms with van der Waals surface area (Å²) in [7, 11) is 1.94. The number of aromatic amines is 2. The van der Waals surface area contributed by atoms with Crippen molar-refractivity contribution in [3.63, 3.8) is 0 Å². The topological polar surface area (TPSA) is 125 Å². The van der Waals surface area contributed by atoms with E-state index in [2.05, 4.69) is 20.2 Å². The van der Waals surface area contributed by atoms with Crippen LogP contribution >= 0.6 is 0 Å². The van der Waals surface area contributed by atoms with Gasteiger partial charge in [-0.25, -0.2) is 4.39 Å². The lowest BCUT2D eigenvalue weighted by Crippen LogP contribution is -2.55. The Morgan fingerprint density at radius 1 is 1.08 bits per heavy atom. The van der Waals surface area contributed by atoms with Gasteiger partial charge >= 0.3 is 6.18 Å². The Morgan fingerprint density at radius 2 is 1.74 bits per heavy atom. The molecule has 4 rings (SSSR count). The first-order valence-corrected chi connectivity index (χ1v) is 11.8. The van der Waals surface area contributed by atoms with Gasteiger partial charge in [-0.2, -0.15) is 18.4 Å². The van der Waals surface area contributed by atoms with E-state index < -0.39 is 40.1 Å². The zero-order valence-corrected chi connectivity index (χ0v) is 21.1. The van der Waals surface area contributed by atoms with Gasteiger partial charge in [-0.1, -0.05) is 0 Å². The minimum Gasteiger partial charge on any atom is -0.367 e. The molecule has 9 nitrogen and oxygen atoms in total. The van der Waals surface area contributed by atoms with E-state index in [1.165, 1.54) is 18.3 Å². The minimum absolute atomic E-state index is 0.00406. The van der Waals surface area contributed by atoms with Gasteiger partial charge in [0.15, 0.2) is 0 Å². The molecule has 0 bridgehead atoms. The number of carbonyl (C=O) groups excluding carboxylic acids is 1. The predicted molar refractivity (Wildman–Crippen MR) is 136 cm³/mol. The Kier molecular flexibility index (Phi) is 7.34. The van der Waals surface area contributed by atoms with Crippen LogP contribution in [0.2, 0.25) is 0 Å². The first kappa shape index (κ1) is 27.6. The molecule has 204 valence electrons. The number of nitriles is 1. The fourth-order valence-corrected chi connectivity index (χ4v) is 4.55. The maximum absolute atomic E-state index is 15.5. The van der Waals surface area contributed by atoms with Crippen LogP contribution in [0.4, 0.5) is 28.9 Å². The van der Waals surface area contributed by atoms with Crippen molar-refractivity contribution < 1.29 is 22.4 Å². The normalized spacial score (nSPS) is 18.1. The first-order chi connectivity index (χ1) is 18.3. The van der Waals surface area contributed by atoms with Gasteiger partial charge in [0.2, 0.25) is 5.56 Å². The number of nitrogens with one attached hydrogen (secondary N) is 3.